The molecule has 0 radical (unpaired) electrons. The number of nitrogens with zero attached hydrogens (tertiary/aromatic N) is 2. The van der Waals surface area contributed by atoms with E-state index < -0.39 is 0 Å². The van der Waals surface area contributed by atoms with Crippen LogP contribution in [0.1, 0.15) is 23.6 Å². The van der Waals surface area contributed by atoms with E-state index in [4.69, 9.17) is 0 Å². The first-order chi connectivity index (χ1) is 12.8. The number of aromatic nitrogens is 2. The van der Waals surface area contributed by atoms with Gasteiger partial charge in [0.1, 0.15) is 6.04 Å². The van der Waals surface area contributed by atoms with Crippen molar-refractivity contribution in [1.29, 1.82) is 0 Å². The topological polar surface area (TPSA) is 71.0 Å². The summed E-state index contributed by atoms with van der Waals surface area (Å²) in [5, 5.41) is 7.33. The summed E-state index contributed by atoms with van der Waals surface area (Å²) in [5.41, 5.74) is 9.43. The highest BCUT2D eigenvalue weighted by Gasteiger charge is 2.29. The number of amides is 1. The van der Waals surface area contributed by atoms with Crippen molar-refractivity contribution < 1.29 is 4.79 Å². The molecule has 4 rings (SSSR count). The van der Waals surface area contributed by atoms with Crippen LogP contribution in [0.25, 0.3) is 5.69 Å². The van der Waals surface area contributed by atoms with Crippen molar-refractivity contribution in [3.8, 4) is 5.69 Å². The van der Waals surface area contributed by atoms with Crippen molar-refractivity contribution in [2.24, 2.45) is 0 Å². The average Bonchev–Trinajstić information content (AvgIpc) is 3.37. The van der Waals surface area contributed by atoms with E-state index in [9.17, 15) is 4.79 Å². The third kappa shape index (κ3) is 3.66. The van der Waals surface area contributed by atoms with Gasteiger partial charge in [-0.1, -0.05) is 48.5 Å². The van der Waals surface area contributed by atoms with Gasteiger partial charge in [-0.15, -0.1) is 0 Å². The van der Waals surface area contributed by atoms with Gasteiger partial charge in [0.05, 0.1) is 11.9 Å². The molecule has 2 atom stereocenters. The molecule has 6 heteroatoms. The fourth-order valence-electron chi connectivity index (χ4n) is 3.12. The van der Waals surface area contributed by atoms with E-state index in [2.05, 4.69) is 33.4 Å². The van der Waals surface area contributed by atoms with Crippen molar-refractivity contribution in [3.05, 3.63) is 84.2 Å². The predicted octanol–water partition coefficient (Wildman–Crippen LogP) is 2.10. The monoisotopic (exact) mass is 347 g/mol. The zero-order chi connectivity index (χ0) is 17.8. The Morgan fingerprint density at radius 3 is 2.58 bits per heavy atom. The summed E-state index contributed by atoms with van der Waals surface area (Å²) >= 11 is 0. The number of nitrogens with one attached hydrogen (secondary N) is 3. The van der Waals surface area contributed by atoms with Crippen molar-refractivity contribution in [2.45, 2.75) is 25.0 Å². The predicted molar refractivity (Wildman–Crippen MR) is 99.3 cm³/mol. The van der Waals surface area contributed by atoms with Crippen LogP contribution in [0.2, 0.25) is 0 Å². The van der Waals surface area contributed by atoms with Crippen molar-refractivity contribution in [3.63, 3.8) is 0 Å². The molecule has 3 aromatic rings. The lowest BCUT2D eigenvalue weighted by Gasteiger charge is -2.10. The molecule has 0 aliphatic carbocycles. The number of carbonyl (C=O) groups is 1. The average molecular weight is 347 g/mol. The van der Waals surface area contributed by atoms with Gasteiger partial charge in [0.2, 0.25) is 5.91 Å². The molecule has 132 valence electrons. The van der Waals surface area contributed by atoms with Crippen molar-refractivity contribution >= 4 is 5.91 Å². The van der Waals surface area contributed by atoms with Gasteiger partial charge in [-0.3, -0.25) is 4.79 Å². The van der Waals surface area contributed by atoms with Crippen LogP contribution in [0.5, 0.6) is 0 Å². The molecule has 3 N–H and O–H groups in total. The minimum atomic E-state index is -0.246. The van der Waals surface area contributed by atoms with Crippen LogP contribution in [0, 0.1) is 0 Å². The van der Waals surface area contributed by atoms with Crippen molar-refractivity contribution in [2.75, 3.05) is 0 Å². The molecule has 1 aliphatic rings. The maximum Gasteiger partial charge on any atom is 0.238 e. The Morgan fingerprint density at radius 1 is 1.08 bits per heavy atom. The molecule has 2 heterocycles. The lowest BCUT2D eigenvalue weighted by molar-refractivity contribution is -0.123. The Bertz CT molecular complexity index is 862. The smallest absolute Gasteiger partial charge is 0.238 e. The van der Waals surface area contributed by atoms with Crippen molar-refractivity contribution in [1.82, 2.24) is 25.9 Å². The SMILES string of the molecule is O=C(NCc1cnn(-c2ccccc2)c1)C1CC(c2ccccc2)NN1. The third-order valence-electron chi connectivity index (χ3n) is 4.55. The van der Waals surface area contributed by atoms with E-state index in [-0.39, 0.29) is 18.0 Å². The highest BCUT2D eigenvalue weighted by molar-refractivity contribution is 5.82. The summed E-state index contributed by atoms with van der Waals surface area (Å²) in [5.74, 6) is -0.0107. The van der Waals surface area contributed by atoms with Gasteiger partial charge in [-0.2, -0.15) is 5.10 Å². The quantitative estimate of drug-likeness (QED) is 0.661. The summed E-state index contributed by atoms with van der Waals surface area (Å²) in [6.45, 7) is 0.458. The van der Waals surface area contributed by atoms with E-state index in [0.717, 1.165) is 17.7 Å². The molecule has 1 aliphatic heterocycles. The fourth-order valence-corrected chi connectivity index (χ4v) is 3.12. The van der Waals surface area contributed by atoms with E-state index >= 15 is 0 Å². The summed E-state index contributed by atoms with van der Waals surface area (Å²) in [6, 6.07) is 19.9. The Morgan fingerprint density at radius 2 is 1.81 bits per heavy atom. The lowest BCUT2D eigenvalue weighted by Crippen LogP contribution is -2.42. The second kappa shape index (κ2) is 7.51. The zero-order valence-electron chi connectivity index (χ0n) is 14.3. The van der Waals surface area contributed by atoms with Gasteiger partial charge in [0.25, 0.3) is 0 Å². The molecule has 2 unspecified atom stereocenters. The van der Waals surface area contributed by atoms with E-state index in [0.29, 0.717) is 6.54 Å². The summed E-state index contributed by atoms with van der Waals surface area (Å²) < 4.78 is 1.81. The number of rotatable bonds is 5. The normalized spacial score (nSPS) is 19.4. The second-order valence-corrected chi connectivity index (χ2v) is 6.39. The van der Waals surface area contributed by atoms with E-state index in [1.807, 2.05) is 59.4 Å². The van der Waals surface area contributed by atoms with Gasteiger partial charge in [0, 0.05) is 24.3 Å². The number of hydrogen-bond donors (Lipinski definition) is 3. The first-order valence-electron chi connectivity index (χ1n) is 8.72. The minimum absolute atomic E-state index is 0.0107. The summed E-state index contributed by atoms with van der Waals surface area (Å²) in [7, 11) is 0. The van der Waals surface area contributed by atoms with Gasteiger partial charge < -0.3 is 5.32 Å². The van der Waals surface area contributed by atoms with Crippen LogP contribution >= 0.6 is 0 Å². The van der Waals surface area contributed by atoms with Gasteiger partial charge in [-0.25, -0.2) is 15.5 Å². The van der Waals surface area contributed by atoms with Crippen LogP contribution in [-0.2, 0) is 11.3 Å². The Kier molecular flexibility index (Phi) is 4.77. The molecule has 0 spiro atoms. The molecule has 1 fully saturated rings. The maximum absolute atomic E-state index is 12.4. The zero-order valence-corrected chi connectivity index (χ0v) is 14.3. The maximum atomic E-state index is 12.4. The molecule has 6 nitrogen and oxygen atoms in total. The lowest BCUT2D eigenvalue weighted by atomic mass is 10.0. The van der Waals surface area contributed by atoms with Crippen LogP contribution in [0.15, 0.2) is 73.1 Å². The summed E-state index contributed by atoms with van der Waals surface area (Å²) in [6.07, 6.45) is 4.43. The first-order valence-corrected chi connectivity index (χ1v) is 8.72. The first kappa shape index (κ1) is 16.5. The van der Waals surface area contributed by atoms with Gasteiger partial charge >= 0.3 is 0 Å². The molecular weight excluding hydrogens is 326 g/mol. The van der Waals surface area contributed by atoms with Gasteiger partial charge in [-0.05, 0) is 24.1 Å². The highest BCUT2D eigenvalue weighted by atomic mass is 16.2. The molecule has 1 saturated heterocycles. The van der Waals surface area contributed by atoms with Crippen LogP contribution in [0.3, 0.4) is 0 Å². The van der Waals surface area contributed by atoms with Gasteiger partial charge in [0.15, 0.2) is 0 Å². The molecule has 2 aromatic carbocycles. The fraction of sp³-hybridized carbons (Fsp3) is 0.200. The van der Waals surface area contributed by atoms with Crippen LogP contribution in [-0.4, -0.2) is 21.7 Å². The molecular formula is C20H21N5O. The number of benzene rings is 2. The largest absolute Gasteiger partial charge is 0.351 e. The number of para-hydroxylation sites is 1. The third-order valence-corrected chi connectivity index (χ3v) is 4.55. The molecule has 0 bridgehead atoms. The molecule has 0 saturated carbocycles. The number of hydrogen-bond acceptors (Lipinski definition) is 4. The molecule has 1 amide bonds. The van der Waals surface area contributed by atoms with E-state index in [1.165, 1.54) is 5.56 Å². The molecule has 1 aromatic heterocycles. The standard InChI is InChI=1S/C20H21N5O/c26-20(19-11-18(23-24-19)16-7-3-1-4-8-16)21-12-15-13-22-25(14-15)17-9-5-2-6-10-17/h1-10,13-14,18-19,23-24H,11-12H2,(H,21,26). The second-order valence-electron chi connectivity index (χ2n) is 6.39. The minimum Gasteiger partial charge on any atom is -0.351 e. The Hall–Kier alpha value is -2.96. The Labute approximate surface area is 152 Å². The Balaban J connectivity index is 1.31. The molecule has 26 heavy (non-hydrogen) atoms. The number of carbonyl (C=O) groups excluding carboxylic acids is 1. The number of hydrazine groups is 1. The van der Waals surface area contributed by atoms with Crippen LogP contribution in [0.4, 0.5) is 0 Å². The highest BCUT2D eigenvalue weighted by Crippen LogP contribution is 2.21. The summed E-state index contributed by atoms with van der Waals surface area (Å²) in [4.78, 5) is 12.4. The van der Waals surface area contributed by atoms with Crippen LogP contribution < -0.4 is 16.2 Å². The van der Waals surface area contributed by atoms with E-state index in [1.54, 1.807) is 6.20 Å².